The van der Waals surface area contributed by atoms with Crippen molar-refractivity contribution in [2.75, 3.05) is 14.1 Å². The molecule has 30 heavy (non-hydrogen) atoms. The SMILES string of the molecule is CN(C)S(=O)(=O)n1cc(-c2ccccc2)nc1/C=C\c1cc2ccccc2c(=O)[nH]1. The lowest BCUT2D eigenvalue weighted by atomic mass is 10.1. The summed E-state index contributed by atoms with van der Waals surface area (Å²) in [5.41, 5.74) is 1.69. The molecule has 0 aliphatic heterocycles. The third-order valence-corrected chi connectivity index (χ3v) is 6.38. The summed E-state index contributed by atoms with van der Waals surface area (Å²) in [6, 6.07) is 18.4. The summed E-state index contributed by atoms with van der Waals surface area (Å²) >= 11 is 0. The summed E-state index contributed by atoms with van der Waals surface area (Å²) in [7, 11) is -0.849. The van der Waals surface area contributed by atoms with Crippen LogP contribution in [0.15, 0.2) is 71.7 Å². The maximum absolute atomic E-state index is 12.8. The Labute approximate surface area is 174 Å². The fraction of sp³-hybridized carbons (Fsp3) is 0.0909. The minimum Gasteiger partial charge on any atom is -0.322 e. The van der Waals surface area contributed by atoms with Crippen molar-refractivity contribution in [3.8, 4) is 11.3 Å². The normalized spacial score (nSPS) is 12.2. The standard InChI is InChI=1S/C22H20N4O3S/c1-25(2)30(28,29)26-15-20(16-8-4-3-5-9-16)24-21(26)13-12-18-14-17-10-6-7-11-19(17)22(27)23-18/h3-15H,1-2H3,(H,23,27)/b13-12-. The van der Waals surface area contributed by atoms with Crippen molar-refractivity contribution in [3.05, 3.63) is 88.7 Å². The van der Waals surface area contributed by atoms with Gasteiger partial charge in [-0.1, -0.05) is 48.5 Å². The molecular weight excluding hydrogens is 400 g/mol. The molecule has 4 rings (SSSR count). The molecule has 2 aromatic heterocycles. The summed E-state index contributed by atoms with van der Waals surface area (Å²) in [6.07, 6.45) is 4.72. The van der Waals surface area contributed by atoms with Crippen molar-refractivity contribution in [3.63, 3.8) is 0 Å². The maximum Gasteiger partial charge on any atom is 0.308 e. The molecule has 0 fully saturated rings. The van der Waals surface area contributed by atoms with Crippen LogP contribution in [0.2, 0.25) is 0 Å². The van der Waals surface area contributed by atoms with Crippen molar-refractivity contribution < 1.29 is 8.42 Å². The second kappa shape index (κ2) is 7.74. The van der Waals surface area contributed by atoms with Gasteiger partial charge in [0.05, 0.1) is 11.9 Å². The Morgan fingerprint density at radius 1 is 1.00 bits per heavy atom. The highest BCUT2D eigenvalue weighted by atomic mass is 32.2. The second-order valence-corrected chi connectivity index (χ2v) is 8.93. The average molecular weight is 420 g/mol. The van der Waals surface area contributed by atoms with E-state index in [2.05, 4.69) is 9.97 Å². The van der Waals surface area contributed by atoms with Gasteiger partial charge in [0.1, 0.15) is 5.82 Å². The second-order valence-electron chi connectivity index (χ2n) is 6.91. The Morgan fingerprint density at radius 3 is 2.43 bits per heavy atom. The van der Waals surface area contributed by atoms with Crippen molar-refractivity contribution in [2.45, 2.75) is 0 Å². The molecule has 2 heterocycles. The lowest BCUT2D eigenvalue weighted by Gasteiger charge is -2.12. The van der Waals surface area contributed by atoms with Gasteiger partial charge in [-0.05, 0) is 29.7 Å². The average Bonchev–Trinajstić information content (AvgIpc) is 3.18. The molecule has 8 heteroatoms. The quantitative estimate of drug-likeness (QED) is 0.537. The molecule has 7 nitrogen and oxygen atoms in total. The Balaban J connectivity index is 1.82. The highest BCUT2D eigenvalue weighted by Gasteiger charge is 2.21. The zero-order valence-electron chi connectivity index (χ0n) is 16.5. The number of aromatic amines is 1. The van der Waals surface area contributed by atoms with Crippen LogP contribution < -0.4 is 5.56 Å². The van der Waals surface area contributed by atoms with E-state index in [-0.39, 0.29) is 11.4 Å². The number of hydrogen-bond acceptors (Lipinski definition) is 4. The number of nitrogens with one attached hydrogen (secondary N) is 1. The van der Waals surface area contributed by atoms with Crippen LogP contribution in [-0.2, 0) is 10.2 Å². The van der Waals surface area contributed by atoms with E-state index in [0.717, 1.165) is 19.2 Å². The van der Waals surface area contributed by atoms with Crippen molar-refractivity contribution in [1.29, 1.82) is 0 Å². The number of benzene rings is 2. The molecule has 0 unspecified atom stereocenters. The molecule has 0 radical (unpaired) electrons. The molecule has 0 aliphatic rings. The Bertz CT molecular complexity index is 1400. The fourth-order valence-corrected chi connectivity index (χ4v) is 4.01. The molecule has 2 aromatic carbocycles. The van der Waals surface area contributed by atoms with E-state index in [1.807, 2.05) is 48.5 Å². The van der Waals surface area contributed by atoms with Crippen molar-refractivity contribution >= 4 is 33.1 Å². The third-order valence-electron chi connectivity index (χ3n) is 4.67. The first-order valence-corrected chi connectivity index (χ1v) is 10.6. The molecule has 4 aromatic rings. The smallest absolute Gasteiger partial charge is 0.308 e. The van der Waals surface area contributed by atoms with E-state index < -0.39 is 10.2 Å². The molecular formula is C22H20N4O3S. The largest absolute Gasteiger partial charge is 0.322 e. The first-order valence-electron chi connectivity index (χ1n) is 9.24. The molecule has 0 bridgehead atoms. The maximum atomic E-state index is 12.8. The molecule has 0 aliphatic carbocycles. The van der Waals surface area contributed by atoms with E-state index in [1.54, 1.807) is 24.3 Å². The number of hydrogen-bond donors (Lipinski definition) is 1. The van der Waals surface area contributed by atoms with Gasteiger partial charge in [-0.25, -0.2) is 8.96 Å². The van der Waals surface area contributed by atoms with Gasteiger partial charge in [-0.15, -0.1) is 0 Å². The number of imidazole rings is 1. The molecule has 1 N–H and O–H groups in total. The number of fused-ring (bicyclic) bond motifs is 1. The van der Waals surface area contributed by atoms with Gasteiger partial charge in [-0.2, -0.15) is 12.7 Å². The summed E-state index contributed by atoms with van der Waals surface area (Å²) < 4.78 is 27.8. The van der Waals surface area contributed by atoms with Gasteiger partial charge in [0, 0.05) is 30.7 Å². The van der Waals surface area contributed by atoms with Crippen LogP contribution in [-0.4, -0.2) is 40.8 Å². The summed E-state index contributed by atoms with van der Waals surface area (Å²) in [5.74, 6) is 0.233. The van der Waals surface area contributed by atoms with Gasteiger partial charge in [0.15, 0.2) is 0 Å². The first-order chi connectivity index (χ1) is 14.4. The number of rotatable bonds is 5. The van der Waals surface area contributed by atoms with Crippen LogP contribution >= 0.6 is 0 Å². The van der Waals surface area contributed by atoms with Crippen LogP contribution in [0.1, 0.15) is 11.5 Å². The monoisotopic (exact) mass is 420 g/mol. The van der Waals surface area contributed by atoms with E-state index in [1.165, 1.54) is 20.3 Å². The summed E-state index contributed by atoms with van der Waals surface area (Å²) in [4.78, 5) is 19.6. The number of aromatic nitrogens is 3. The van der Waals surface area contributed by atoms with Gasteiger partial charge < -0.3 is 4.98 Å². The van der Waals surface area contributed by atoms with E-state index >= 15 is 0 Å². The number of H-pyrrole nitrogens is 1. The molecule has 0 amide bonds. The molecule has 0 atom stereocenters. The highest BCUT2D eigenvalue weighted by Crippen LogP contribution is 2.22. The zero-order chi connectivity index (χ0) is 21.3. The fourth-order valence-electron chi connectivity index (χ4n) is 3.08. The summed E-state index contributed by atoms with van der Waals surface area (Å²) in [5, 5.41) is 1.40. The van der Waals surface area contributed by atoms with Crippen LogP contribution in [0.5, 0.6) is 0 Å². The van der Waals surface area contributed by atoms with Gasteiger partial charge in [0.25, 0.3) is 5.56 Å². The summed E-state index contributed by atoms with van der Waals surface area (Å²) in [6.45, 7) is 0. The van der Waals surface area contributed by atoms with Crippen LogP contribution in [0.3, 0.4) is 0 Å². The number of pyridine rings is 1. The molecule has 0 spiro atoms. The number of nitrogens with zero attached hydrogens (tertiary/aromatic N) is 3. The van der Waals surface area contributed by atoms with Crippen molar-refractivity contribution in [2.24, 2.45) is 0 Å². The topological polar surface area (TPSA) is 88.1 Å². The van der Waals surface area contributed by atoms with Crippen LogP contribution in [0, 0.1) is 0 Å². The highest BCUT2D eigenvalue weighted by molar-refractivity contribution is 7.87. The van der Waals surface area contributed by atoms with Crippen molar-refractivity contribution in [1.82, 2.24) is 18.2 Å². The third kappa shape index (κ3) is 3.70. The van der Waals surface area contributed by atoms with E-state index in [4.69, 9.17) is 0 Å². The predicted molar refractivity (Wildman–Crippen MR) is 119 cm³/mol. The van der Waals surface area contributed by atoms with E-state index in [0.29, 0.717) is 16.8 Å². The Kier molecular flexibility index (Phi) is 5.11. The van der Waals surface area contributed by atoms with Gasteiger partial charge in [-0.3, -0.25) is 4.79 Å². The van der Waals surface area contributed by atoms with Gasteiger partial charge >= 0.3 is 10.2 Å². The van der Waals surface area contributed by atoms with Gasteiger partial charge in [0.2, 0.25) is 0 Å². The zero-order valence-corrected chi connectivity index (χ0v) is 17.3. The lowest BCUT2D eigenvalue weighted by Crippen LogP contribution is -2.29. The Hall–Kier alpha value is -3.49. The van der Waals surface area contributed by atoms with Crippen LogP contribution in [0.25, 0.3) is 34.2 Å². The predicted octanol–water partition coefficient (Wildman–Crippen LogP) is 3.22. The van der Waals surface area contributed by atoms with Crippen LogP contribution in [0.4, 0.5) is 0 Å². The molecule has 152 valence electrons. The Morgan fingerprint density at radius 2 is 1.70 bits per heavy atom. The lowest BCUT2D eigenvalue weighted by molar-refractivity contribution is 0.510. The minimum atomic E-state index is -3.78. The molecule has 0 saturated carbocycles. The molecule has 0 saturated heterocycles. The first kappa shape index (κ1) is 19.8. The minimum absolute atomic E-state index is 0.207. The van der Waals surface area contributed by atoms with E-state index in [9.17, 15) is 13.2 Å².